The number of benzene rings is 1. The fourth-order valence-corrected chi connectivity index (χ4v) is 3.33. The number of hydrogen-bond acceptors (Lipinski definition) is 5. The number of likely N-dealkylation sites (N-methyl/N-ethyl adjacent to an activating group) is 1. The Morgan fingerprint density at radius 3 is 2.68 bits per heavy atom. The van der Waals surface area contributed by atoms with E-state index in [0.29, 0.717) is 5.56 Å². The summed E-state index contributed by atoms with van der Waals surface area (Å²) in [6.45, 7) is 3.22. The van der Waals surface area contributed by atoms with Gasteiger partial charge in [-0.3, -0.25) is 4.79 Å². The van der Waals surface area contributed by atoms with Crippen LogP contribution in [0.15, 0.2) is 39.9 Å². The van der Waals surface area contributed by atoms with Crippen molar-refractivity contribution in [2.24, 2.45) is 0 Å². The predicted octanol–water partition coefficient (Wildman–Crippen LogP) is 1.55. The number of hydrogen-bond donors (Lipinski definition) is 1. The number of anilines is 1. The lowest BCUT2D eigenvalue weighted by molar-refractivity contribution is -0.116. The Kier molecular flexibility index (Phi) is 4.62. The van der Waals surface area contributed by atoms with Gasteiger partial charge in [0.25, 0.3) is 0 Å². The fraction of sp³-hybridized carbons (Fsp3) is 0.286. The molecule has 8 heteroatoms. The van der Waals surface area contributed by atoms with Crippen molar-refractivity contribution in [3.8, 4) is 0 Å². The van der Waals surface area contributed by atoms with Crippen molar-refractivity contribution in [2.45, 2.75) is 18.7 Å². The molecule has 1 amide bonds. The van der Waals surface area contributed by atoms with Crippen LogP contribution in [0, 0.1) is 13.8 Å². The van der Waals surface area contributed by atoms with Crippen molar-refractivity contribution in [3.63, 3.8) is 0 Å². The highest BCUT2D eigenvalue weighted by molar-refractivity contribution is 7.89. The van der Waals surface area contributed by atoms with Crippen LogP contribution in [0.25, 0.3) is 0 Å². The van der Waals surface area contributed by atoms with Crippen molar-refractivity contribution < 1.29 is 17.7 Å². The summed E-state index contributed by atoms with van der Waals surface area (Å²) in [5, 5.41) is 5.99. The second kappa shape index (κ2) is 6.29. The van der Waals surface area contributed by atoms with E-state index in [2.05, 4.69) is 15.0 Å². The van der Waals surface area contributed by atoms with Crippen molar-refractivity contribution >= 4 is 21.7 Å². The number of aromatic nitrogens is 1. The van der Waals surface area contributed by atoms with Crippen LogP contribution in [-0.4, -0.2) is 37.4 Å². The Hall–Kier alpha value is -2.19. The number of amides is 1. The molecule has 1 N–H and O–H groups in total. The maximum atomic E-state index is 12.6. The highest BCUT2D eigenvalue weighted by Crippen LogP contribution is 2.20. The van der Waals surface area contributed by atoms with Crippen LogP contribution in [0.4, 0.5) is 5.82 Å². The molecule has 0 bridgehead atoms. The van der Waals surface area contributed by atoms with Gasteiger partial charge in [0.2, 0.25) is 15.9 Å². The topological polar surface area (TPSA) is 92.5 Å². The van der Waals surface area contributed by atoms with Gasteiger partial charge in [0.1, 0.15) is 6.26 Å². The Labute approximate surface area is 129 Å². The van der Waals surface area contributed by atoms with E-state index in [0.717, 1.165) is 9.87 Å². The van der Waals surface area contributed by atoms with Gasteiger partial charge in [-0.1, -0.05) is 17.3 Å². The summed E-state index contributed by atoms with van der Waals surface area (Å²) in [5.41, 5.74) is 1.47. The predicted molar refractivity (Wildman–Crippen MR) is 80.9 cm³/mol. The van der Waals surface area contributed by atoms with Gasteiger partial charge >= 0.3 is 0 Å². The molecule has 2 rings (SSSR count). The summed E-state index contributed by atoms with van der Waals surface area (Å²) in [6.07, 6.45) is 1.31. The standard InChI is InChI=1S/C14H17N3O4S/c1-10-4-5-11(2)12(8-10)22(19,20)17(3)9-14(18)15-13-6-7-21-16-13/h4-8H,9H2,1-3H3,(H,15,16,18). The van der Waals surface area contributed by atoms with Crippen LogP contribution in [0.3, 0.4) is 0 Å². The maximum Gasteiger partial charge on any atom is 0.243 e. The van der Waals surface area contributed by atoms with Crippen LogP contribution >= 0.6 is 0 Å². The van der Waals surface area contributed by atoms with Gasteiger partial charge in [-0.2, -0.15) is 4.31 Å². The molecule has 0 atom stereocenters. The molecule has 0 aliphatic heterocycles. The molecule has 7 nitrogen and oxygen atoms in total. The lowest BCUT2D eigenvalue weighted by Crippen LogP contribution is -2.35. The van der Waals surface area contributed by atoms with Crippen molar-refractivity contribution in [2.75, 3.05) is 18.9 Å². The highest BCUT2D eigenvalue weighted by atomic mass is 32.2. The summed E-state index contributed by atoms with van der Waals surface area (Å²) in [4.78, 5) is 12.1. The molecule has 1 heterocycles. The van der Waals surface area contributed by atoms with Crippen LogP contribution in [-0.2, 0) is 14.8 Å². The number of nitrogens with zero attached hydrogens (tertiary/aromatic N) is 2. The van der Waals surface area contributed by atoms with Gasteiger partial charge in [-0.25, -0.2) is 8.42 Å². The van der Waals surface area contributed by atoms with Crippen LogP contribution < -0.4 is 5.32 Å². The summed E-state index contributed by atoms with van der Waals surface area (Å²) >= 11 is 0. The molecule has 118 valence electrons. The quantitative estimate of drug-likeness (QED) is 0.901. The lowest BCUT2D eigenvalue weighted by atomic mass is 10.2. The van der Waals surface area contributed by atoms with Gasteiger partial charge in [0, 0.05) is 13.1 Å². The number of aryl methyl sites for hydroxylation is 2. The first-order chi connectivity index (χ1) is 10.3. The first-order valence-electron chi connectivity index (χ1n) is 6.54. The minimum absolute atomic E-state index is 0.198. The molecule has 0 fully saturated rings. The highest BCUT2D eigenvalue weighted by Gasteiger charge is 2.25. The van der Waals surface area contributed by atoms with E-state index < -0.39 is 15.9 Å². The van der Waals surface area contributed by atoms with E-state index in [4.69, 9.17) is 0 Å². The molecule has 0 aliphatic rings. The van der Waals surface area contributed by atoms with Crippen molar-refractivity contribution in [1.82, 2.24) is 9.46 Å². The van der Waals surface area contributed by atoms with E-state index in [1.807, 2.05) is 13.0 Å². The Balaban J connectivity index is 2.15. The average molecular weight is 323 g/mol. The second-order valence-electron chi connectivity index (χ2n) is 4.96. The molecule has 22 heavy (non-hydrogen) atoms. The minimum Gasteiger partial charge on any atom is -0.363 e. The molecule has 1 aromatic carbocycles. The third-order valence-electron chi connectivity index (χ3n) is 3.10. The average Bonchev–Trinajstić information content (AvgIpc) is 2.93. The molecule has 0 saturated heterocycles. The van der Waals surface area contributed by atoms with Gasteiger partial charge in [0.05, 0.1) is 11.4 Å². The number of nitrogens with one attached hydrogen (secondary N) is 1. The van der Waals surface area contributed by atoms with Crippen LogP contribution in [0.5, 0.6) is 0 Å². The van der Waals surface area contributed by atoms with E-state index >= 15 is 0 Å². The van der Waals surface area contributed by atoms with E-state index in [1.165, 1.54) is 19.4 Å². The Morgan fingerprint density at radius 2 is 2.05 bits per heavy atom. The molecule has 0 aliphatic carbocycles. The minimum atomic E-state index is -3.74. The third kappa shape index (κ3) is 3.52. The SMILES string of the molecule is Cc1ccc(C)c(S(=O)(=O)N(C)CC(=O)Nc2ccon2)c1. The van der Waals surface area contributed by atoms with Crippen molar-refractivity contribution in [1.29, 1.82) is 0 Å². The largest absolute Gasteiger partial charge is 0.363 e. The summed E-state index contributed by atoms with van der Waals surface area (Å²) in [6, 6.07) is 6.64. The zero-order valence-electron chi connectivity index (χ0n) is 12.5. The number of sulfonamides is 1. The number of carbonyl (C=O) groups excluding carboxylic acids is 1. The zero-order chi connectivity index (χ0) is 16.3. The Bertz CT molecular complexity index is 769. The molecule has 1 aromatic heterocycles. The molecule has 0 radical (unpaired) electrons. The molecule has 0 saturated carbocycles. The molecular formula is C14H17N3O4S. The van der Waals surface area contributed by atoms with Gasteiger partial charge in [0.15, 0.2) is 5.82 Å². The maximum absolute atomic E-state index is 12.6. The van der Waals surface area contributed by atoms with E-state index in [-0.39, 0.29) is 17.3 Å². The first kappa shape index (κ1) is 16.2. The molecule has 0 spiro atoms. The third-order valence-corrected chi connectivity index (χ3v) is 5.05. The summed E-state index contributed by atoms with van der Waals surface area (Å²) < 4.78 is 30.7. The molecule has 0 unspecified atom stereocenters. The number of rotatable bonds is 5. The first-order valence-corrected chi connectivity index (χ1v) is 7.98. The van der Waals surface area contributed by atoms with Gasteiger partial charge in [-0.15, -0.1) is 0 Å². The Morgan fingerprint density at radius 1 is 1.32 bits per heavy atom. The summed E-state index contributed by atoms with van der Waals surface area (Å²) in [5.74, 6) is -0.257. The van der Waals surface area contributed by atoms with Crippen molar-refractivity contribution in [3.05, 3.63) is 41.7 Å². The van der Waals surface area contributed by atoms with Gasteiger partial charge in [-0.05, 0) is 31.0 Å². The fourth-order valence-electron chi connectivity index (χ4n) is 1.90. The van der Waals surface area contributed by atoms with E-state index in [9.17, 15) is 13.2 Å². The molecular weight excluding hydrogens is 306 g/mol. The smallest absolute Gasteiger partial charge is 0.243 e. The monoisotopic (exact) mass is 323 g/mol. The normalized spacial score (nSPS) is 11.6. The summed E-state index contributed by atoms with van der Waals surface area (Å²) in [7, 11) is -2.38. The molecule has 2 aromatic rings. The van der Waals surface area contributed by atoms with Crippen LogP contribution in [0.1, 0.15) is 11.1 Å². The van der Waals surface area contributed by atoms with Crippen LogP contribution in [0.2, 0.25) is 0 Å². The second-order valence-corrected chi connectivity index (χ2v) is 6.98. The van der Waals surface area contributed by atoms with E-state index in [1.54, 1.807) is 19.1 Å². The number of carbonyl (C=O) groups is 1. The lowest BCUT2D eigenvalue weighted by Gasteiger charge is -2.18. The van der Waals surface area contributed by atoms with Gasteiger partial charge < -0.3 is 9.84 Å². The zero-order valence-corrected chi connectivity index (χ0v) is 13.3.